The Morgan fingerprint density at radius 1 is 1.10 bits per heavy atom. The van der Waals surface area contributed by atoms with Crippen LogP contribution >= 0.6 is 0 Å². The van der Waals surface area contributed by atoms with Crippen LogP contribution < -0.4 is 4.74 Å². The van der Waals surface area contributed by atoms with E-state index < -0.39 is 0 Å². The molecule has 1 aliphatic carbocycles. The van der Waals surface area contributed by atoms with Crippen LogP contribution in [0.4, 0.5) is 0 Å². The van der Waals surface area contributed by atoms with Crippen molar-refractivity contribution in [3.63, 3.8) is 0 Å². The summed E-state index contributed by atoms with van der Waals surface area (Å²) in [5, 5.41) is 0. The lowest BCUT2D eigenvalue weighted by Crippen LogP contribution is -2.27. The van der Waals surface area contributed by atoms with Gasteiger partial charge in [-0.15, -0.1) is 0 Å². The topological polar surface area (TPSA) is 44.8 Å². The average Bonchev–Trinajstić information content (AvgIpc) is 2.55. The number of methoxy groups -OCH3 is 1. The van der Waals surface area contributed by atoms with Gasteiger partial charge in [-0.25, -0.2) is 0 Å². The normalized spacial score (nSPS) is 21.8. The summed E-state index contributed by atoms with van der Waals surface area (Å²) in [4.78, 5) is 11.4. The summed E-state index contributed by atoms with van der Waals surface area (Å²) in [5.74, 6) is 0.886. The minimum absolute atomic E-state index is 0.0660. The zero-order chi connectivity index (χ0) is 14.9. The van der Waals surface area contributed by atoms with Crippen LogP contribution in [0.25, 0.3) is 0 Å². The van der Waals surface area contributed by atoms with Gasteiger partial charge in [0.2, 0.25) is 0 Å². The molecule has 21 heavy (non-hydrogen) atoms. The van der Waals surface area contributed by atoms with E-state index in [1.54, 1.807) is 0 Å². The lowest BCUT2D eigenvalue weighted by Gasteiger charge is -2.26. The van der Waals surface area contributed by atoms with E-state index in [9.17, 15) is 4.79 Å². The zero-order valence-electron chi connectivity index (χ0n) is 12.6. The minimum atomic E-state index is -0.0790. The van der Waals surface area contributed by atoms with Crippen molar-refractivity contribution in [2.24, 2.45) is 5.92 Å². The minimum Gasteiger partial charge on any atom is -0.494 e. The van der Waals surface area contributed by atoms with Gasteiger partial charge in [0.15, 0.2) is 0 Å². The molecule has 0 bridgehead atoms. The Labute approximate surface area is 126 Å². The molecule has 0 aromatic heterocycles. The van der Waals surface area contributed by atoms with Crippen molar-refractivity contribution < 1.29 is 19.0 Å². The highest BCUT2D eigenvalue weighted by molar-refractivity contribution is 5.72. The van der Waals surface area contributed by atoms with Crippen LogP contribution in [0.3, 0.4) is 0 Å². The van der Waals surface area contributed by atoms with Crippen LogP contribution in [0.15, 0.2) is 30.3 Å². The van der Waals surface area contributed by atoms with Crippen molar-refractivity contribution >= 4 is 5.97 Å². The average molecular weight is 292 g/mol. The number of hydrogen-bond acceptors (Lipinski definition) is 4. The highest BCUT2D eigenvalue weighted by atomic mass is 16.5. The quantitative estimate of drug-likeness (QED) is 0.572. The van der Waals surface area contributed by atoms with Crippen molar-refractivity contribution in [2.45, 2.75) is 38.2 Å². The largest absolute Gasteiger partial charge is 0.494 e. The van der Waals surface area contributed by atoms with Gasteiger partial charge in [0.05, 0.1) is 32.3 Å². The molecule has 0 radical (unpaired) electrons. The molecule has 4 heteroatoms. The number of hydrogen-bond donors (Lipinski definition) is 0. The van der Waals surface area contributed by atoms with Gasteiger partial charge in [0.25, 0.3) is 0 Å². The Bertz CT molecular complexity index is 410. The molecule has 0 saturated heterocycles. The molecular formula is C17H24O4. The fraction of sp³-hybridized carbons (Fsp3) is 0.588. The van der Waals surface area contributed by atoms with Crippen molar-refractivity contribution in [3.8, 4) is 5.75 Å². The van der Waals surface area contributed by atoms with Gasteiger partial charge >= 0.3 is 5.97 Å². The monoisotopic (exact) mass is 292 g/mol. The third kappa shape index (κ3) is 5.38. The first-order valence-electron chi connectivity index (χ1n) is 7.67. The molecular weight excluding hydrogens is 268 g/mol. The number of para-hydroxylation sites is 1. The van der Waals surface area contributed by atoms with Gasteiger partial charge in [-0.1, -0.05) is 18.2 Å². The molecule has 1 aromatic rings. The second-order valence-electron chi connectivity index (χ2n) is 5.38. The molecule has 1 saturated carbocycles. The molecule has 0 unspecified atom stereocenters. The second-order valence-corrected chi connectivity index (χ2v) is 5.38. The fourth-order valence-corrected chi connectivity index (χ4v) is 2.65. The van der Waals surface area contributed by atoms with Crippen LogP contribution in [-0.2, 0) is 14.3 Å². The first-order valence-corrected chi connectivity index (χ1v) is 7.67. The molecule has 1 fully saturated rings. The number of benzene rings is 1. The fourth-order valence-electron chi connectivity index (χ4n) is 2.65. The van der Waals surface area contributed by atoms with Gasteiger partial charge < -0.3 is 14.2 Å². The number of ether oxygens (including phenoxy) is 3. The van der Waals surface area contributed by atoms with E-state index in [-0.39, 0.29) is 18.0 Å². The number of esters is 1. The Kier molecular flexibility index (Phi) is 6.54. The lowest BCUT2D eigenvalue weighted by molar-refractivity contribution is -0.147. The first-order chi connectivity index (χ1) is 10.3. The van der Waals surface area contributed by atoms with E-state index in [4.69, 9.17) is 14.2 Å². The van der Waals surface area contributed by atoms with Gasteiger partial charge in [0, 0.05) is 6.42 Å². The maximum absolute atomic E-state index is 11.4. The Morgan fingerprint density at radius 2 is 1.81 bits per heavy atom. The molecule has 0 N–H and O–H groups in total. The molecule has 0 amide bonds. The summed E-state index contributed by atoms with van der Waals surface area (Å²) >= 11 is 0. The van der Waals surface area contributed by atoms with E-state index in [1.807, 2.05) is 30.3 Å². The number of carbonyl (C=O) groups excluding carboxylic acids is 1. The van der Waals surface area contributed by atoms with Crippen LogP contribution in [0.1, 0.15) is 32.1 Å². The lowest BCUT2D eigenvalue weighted by atomic mass is 9.87. The summed E-state index contributed by atoms with van der Waals surface area (Å²) in [5.41, 5.74) is 0. The van der Waals surface area contributed by atoms with Gasteiger partial charge in [-0.3, -0.25) is 4.79 Å². The molecule has 1 aliphatic rings. The summed E-state index contributed by atoms with van der Waals surface area (Å²) in [6.45, 7) is 1.38. The molecule has 1 aromatic carbocycles. The summed E-state index contributed by atoms with van der Waals surface area (Å²) < 4.78 is 16.3. The third-order valence-electron chi connectivity index (χ3n) is 3.86. The Balaban J connectivity index is 1.53. The number of carbonyl (C=O) groups is 1. The van der Waals surface area contributed by atoms with Crippen molar-refractivity contribution in [2.75, 3.05) is 20.3 Å². The van der Waals surface area contributed by atoms with Crippen LogP contribution in [0.5, 0.6) is 5.75 Å². The predicted octanol–water partition coefficient (Wildman–Crippen LogP) is 3.20. The number of rotatable bonds is 7. The van der Waals surface area contributed by atoms with Crippen LogP contribution in [0, 0.1) is 5.92 Å². The third-order valence-corrected chi connectivity index (χ3v) is 3.86. The van der Waals surface area contributed by atoms with Gasteiger partial charge in [-0.05, 0) is 37.8 Å². The summed E-state index contributed by atoms with van der Waals surface area (Å²) in [6, 6.07) is 9.81. The predicted molar refractivity (Wildman–Crippen MR) is 80.3 cm³/mol. The maximum atomic E-state index is 11.4. The molecule has 0 heterocycles. The van der Waals surface area contributed by atoms with Gasteiger partial charge in [-0.2, -0.15) is 0 Å². The molecule has 4 nitrogen and oxygen atoms in total. The highest BCUT2D eigenvalue weighted by Gasteiger charge is 2.27. The Hall–Kier alpha value is -1.55. The van der Waals surface area contributed by atoms with Crippen molar-refractivity contribution in [1.82, 2.24) is 0 Å². The Morgan fingerprint density at radius 3 is 2.48 bits per heavy atom. The van der Waals surface area contributed by atoms with Crippen LogP contribution in [0.2, 0.25) is 0 Å². The second kappa shape index (κ2) is 8.67. The van der Waals surface area contributed by atoms with Crippen molar-refractivity contribution in [1.29, 1.82) is 0 Å². The molecule has 0 atom stereocenters. The molecule has 0 aliphatic heterocycles. The molecule has 0 spiro atoms. The van der Waals surface area contributed by atoms with E-state index in [0.717, 1.165) is 37.9 Å². The van der Waals surface area contributed by atoms with E-state index in [1.165, 1.54) is 7.11 Å². The summed E-state index contributed by atoms with van der Waals surface area (Å²) in [7, 11) is 1.46. The van der Waals surface area contributed by atoms with Crippen molar-refractivity contribution in [3.05, 3.63) is 30.3 Å². The first kappa shape index (κ1) is 15.8. The van der Waals surface area contributed by atoms with Crippen LogP contribution in [-0.4, -0.2) is 32.4 Å². The molecule has 2 rings (SSSR count). The van der Waals surface area contributed by atoms with E-state index in [0.29, 0.717) is 13.2 Å². The smallest absolute Gasteiger partial charge is 0.308 e. The van der Waals surface area contributed by atoms with E-state index >= 15 is 0 Å². The maximum Gasteiger partial charge on any atom is 0.308 e. The highest BCUT2D eigenvalue weighted by Crippen LogP contribution is 2.27. The standard InChI is InChI=1S/C17H24O4/c1-19-17(18)14-8-10-16(11-9-14)21-13-5-12-20-15-6-3-2-4-7-15/h2-4,6-7,14,16H,5,8-13H2,1H3. The molecule has 116 valence electrons. The van der Waals surface area contributed by atoms with E-state index in [2.05, 4.69) is 0 Å². The van der Waals surface area contributed by atoms with Gasteiger partial charge in [0.1, 0.15) is 5.75 Å². The SMILES string of the molecule is COC(=O)C1CCC(OCCCOc2ccccc2)CC1. The summed E-state index contributed by atoms with van der Waals surface area (Å²) in [6.07, 6.45) is 4.79. The zero-order valence-corrected chi connectivity index (χ0v) is 12.6.